The SMILES string of the molecule is Cc1nn(-c2cccc(Cl)c2)c(C)c1CCCNC1CC1. The molecule has 1 heterocycles. The van der Waals surface area contributed by atoms with Crippen LogP contribution < -0.4 is 5.32 Å². The maximum absolute atomic E-state index is 6.08. The zero-order chi connectivity index (χ0) is 14.8. The molecule has 1 aliphatic rings. The maximum atomic E-state index is 6.08. The van der Waals surface area contributed by atoms with E-state index in [9.17, 15) is 0 Å². The molecule has 0 spiro atoms. The molecule has 0 aliphatic heterocycles. The number of nitrogens with one attached hydrogen (secondary N) is 1. The summed E-state index contributed by atoms with van der Waals surface area (Å²) in [6, 6.07) is 8.65. The van der Waals surface area contributed by atoms with E-state index in [-0.39, 0.29) is 0 Å². The van der Waals surface area contributed by atoms with Crippen LogP contribution in [0.1, 0.15) is 36.2 Å². The Morgan fingerprint density at radius 2 is 2.14 bits per heavy atom. The number of nitrogens with zero attached hydrogens (tertiary/aromatic N) is 2. The van der Waals surface area contributed by atoms with Crippen LogP contribution in [0.3, 0.4) is 0 Å². The molecule has 21 heavy (non-hydrogen) atoms. The van der Waals surface area contributed by atoms with Crippen LogP contribution in [0.4, 0.5) is 0 Å². The summed E-state index contributed by atoms with van der Waals surface area (Å²) in [5.41, 5.74) is 4.75. The van der Waals surface area contributed by atoms with E-state index in [1.54, 1.807) is 0 Å². The smallest absolute Gasteiger partial charge is 0.0663 e. The Labute approximate surface area is 131 Å². The molecule has 1 saturated carbocycles. The lowest BCUT2D eigenvalue weighted by atomic mass is 10.1. The van der Waals surface area contributed by atoms with Gasteiger partial charge >= 0.3 is 0 Å². The topological polar surface area (TPSA) is 29.9 Å². The molecule has 3 nitrogen and oxygen atoms in total. The standard InChI is InChI=1S/C17H22ClN3/c1-12-17(7-4-10-19-15-8-9-15)13(2)21(20-12)16-6-3-5-14(18)11-16/h3,5-6,11,15,19H,4,7-10H2,1-2H3. The fourth-order valence-electron chi connectivity index (χ4n) is 2.75. The minimum atomic E-state index is 0.746. The van der Waals surface area contributed by atoms with Crippen LogP contribution in [0.2, 0.25) is 5.02 Å². The molecule has 0 radical (unpaired) electrons. The molecule has 0 unspecified atom stereocenters. The summed E-state index contributed by atoms with van der Waals surface area (Å²) in [6.07, 6.45) is 4.95. The highest BCUT2D eigenvalue weighted by atomic mass is 35.5. The summed E-state index contributed by atoms with van der Waals surface area (Å²) in [4.78, 5) is 0. The van der Waals surface area contributed by atoms with E-state index in [4.69, 9.17) is 11.6 Å². The van der Waals surface area contributed by atoms with Crippen LogP contribution in [-0.4, -0.2) is 22.4 Å². The van der Waals surface area contributed by atoms with E-state index in [0.717, 1.165) is 35.4 Å². The first-order chi connectivity index (χ1) is 10.1. The summed E-state index contributed by atoms with van der Waals surface area (Å²) in [5, 5.41) is 9.00. The van der Waals surface area contributed by atoms with Gasteiger partial charge in [-0.1, -0.05) is 17.7 Å². The first-order valence-electron chi connectivity index (χ1n) is 7.69. The highest BCUT2D eigenvalue weighted by Gasteiger charge is 2.20. The first kappa shape index (κ1) is 14.6. The lowest BCUT2D eigenvalue weighted by Crippen LogP contribution is -2.18. The zero-order valence-electron chi connectivity index (χ0n) is 12.7. The lowest BCUT2D eigenvalue weighted by Gasteiger charge is -2.06. The molecule has 4 heteroatoms. The molecule has 2 aromatic rings. The van der Waals surface area contributed by atoms with E-state index < -0.39 is 0 Å². The summed E-state index contributed by atoms with van der Waals surface area (Å²) in [5.74, 6) is 0. The highest BCUT2D eigenvalue weighted by molar-refractivity contribution is 6.30. The molecule has 0 saturated heterocycles. The van der Waals surface area contributed by atoms with Gasteiger partial charge in [0, 0.05) is 16.8 Å². The van der Waals surface area contributed by atoms with E-state index in [1.165, 1.54) is 30.5 Å². The molecular formula is C17H22ClN3. The van der Waals surface area contributed by atoms with Gasteiger partial charge in [0.25, 0.3) is 0 Å². The fourth-order valence-corrected chi connectivity index (χ4v) is 2.94. The molecule has 0 atom stereocenters. The Morgan fingerprint density at radius 3 is 2.86 bits per heavy atom. The highest BCUT2D eigenvalue weighted by Crippen LogP contribution is 2.22. The summed E-state index contributed by atoms with van der Waals surface area (Å²) < 4.78 is 2.00. The van der Waals surface area contributed by atoms with Crippen LogP contribution in [0.15, 0.2) is 24.3 Å². The molecule has 112 valence electrons. The molecule has 1 aromatic heterocycles. The number of aromatic nitrogens is 2. The van der Waals surface area contributed by atoms with Gasteiger partial charge in [0.15, 0.2) is 0 Å². The van der Waals surface area contributed by atoms with Crippen LogP contribution in [0.5, 0.6) is 0 Å². The van der Waals surface area contributed by atoms with Crippen LogP contribution >= 0.6 is 11.6 Å². The summed E-state index contributed by atoms with van der Waals surface area (Å²) in [7, 11) is 0. The lowest BCUT2D eigenvalue weighted by molar-refractivity contribution is 0.644. The van der Waals surface area contributed by atoms with Crippen LogP contribution in [-0.2, 0) is 6.42 Å². The van der Waals surface area contributed by atoms with Gasteiger partial charge in [0.1, 0.15) is 0 Å². The zero-order valence-corrected chi connectivity index (χ0v) is 13.5. The van der Waals surface area contributed by atoms with Gasteiger partial charge in [-0.05, 0) is 69.8 Å². The third-order valence-electron chi connectivity index (χ3n) is 4.11. The van der Waals surface area contributed by atoms with Gasteiger partial charge in [0.2, 0.25) is 0 Å². The monoisotopic (exact) mass is 303 g/mol. The predicted molar refractivity (Wildman–Crippen MR) is 87.4 cm³/mol. The molecule has 0 amide bonds. The largest absolute Gasteiger partial charge is 0.314 e. The van der Waals surface area contributed by atoms with Gasteiger partial charge < -0.3 is 5.32 Å². The van der Waals surface area contributed by atoms with E-state index in [0.29, 0.717) is 0 Å². The molecule has 1 aromatic carbocycles. The normalized spacial score (nSPS) is 14.6. The first-order valence-corrected chi connectivity index (χ1v) is 8.07. The Morgan fingerprint density at radius 1 is 1.33 bits per heavy atom. The van der Waals surface area contributed by atoms with Crippen LogP contribution in [0, 0.1) is 13.8 Å². The maximum Gasteiger partial charge on any atom is 0.0663 e. The van der Waals surface area contributed by atoms with Crippen molar-refractivity contribution in [3.63, 3.8) is 0 Å². The Balaban J connectivity index is 1.72. The number of hydrogen-bond acceptors (Lipinski definition) is 2. The average molecular weight is 304 g/mol. The van der Waals surface area contributed by atoms with E-state index in [2.05, 4.69) is 24.3 Å². The molecular weight excluding hydrogens is 282 g/mol. The minimum absolute atomic E-state index is 0.746. The van der Waals surface area contributed by atoms with Gasteiger partial charge in [-0.15, -0.1) is 0 Å². The molecule has 3 rings (SSSR count). The molecule has 1 fully saturated rings. The third kappa shape index (κ3) is 3.47. The van der Waals surface area contributed by atoms with Crippen molar-refractivity contribution in [3.05, 3.63) is 46.2 Å². The van der Waals surface area contributed by atoms with Crippen LogP contribution in [0.25, 0.3) is 5.69 Å². The van der Waals surface area contributed by atoms with Gasteiger partial charge in [0.05, 0.1) is 11.4 Å². The number of aryl methyl sites for hydroxylation is 1. The summed E-state index contributed by atoms with van der Waals surface area (Å²) >= 11 is 6.08. The van der Waals surface area contributed by atoms with Gasteiger partial charge in [-0.2, -0.15) is 5.10 Å². The Kier molecular flexibility index (Phi) is 4.32. The minimum Gasteiger partial charge on any atom is -0.314 e. The second-order valence-corrected chi connectivity index (χ2v) is 6.31. The summed E-state index contributed by atoms with van der Waals surface area (Å²) in [6.45, 7) is 5.34. The molecule has 1 N–H and O–H groups in total. The Hall–Kier alpha value is -1.32. The van der Waals surface area contributed by atoms with Crippen molar-refractivity contribution in [1.82, 2.24) is 15.1 Å². The quantitative estimate of drug-likeness (QED) is 0.822. The molecule has 0 bridgehead atoms. The molecule has 1 aliphatic carbocycles. The van der Waals surface area contributed by atoms with Crippen molar-refractivity contribution in [2.45, 2.75) is 45.6 Å². The Bertz CT molecular complexity index is 629. The second-order valence-electron chi connectivity index (χ2n) is 5.87. The second kappa shape index (κ2) is 6.20. The van der Waals surface area contributed by atoms with Gasteiger partial charge in [-0.3, -0.25) is 0 Å². The fraction of sp³-hybridized carbons (Fsp3) is 0.471. The van der Waals surface area contributed by atoms with E-state index >= 15 is 0 Å². The van der Waals surface area contributed by atoms with Crippen molar-refractivity contribution >= 4 is 11.6 Å². The van der Waals surface area contributed by atoms with Crippen molar-refractivity contribution in [2.75, 3.05) is 6.54 Å². The third-order valence-corrected chi connectivity index (χ3v) is 4.34. The van der Waals surface area contributed by atoms with Crippen molar-refractivity contribution < 1.29 is 0 Å². The predicted octanol–water partition coefficient (Wildman–Crippen LogP) is 3.83. The van der Waals surface area contributed by atoms with E-state index in [1.807, 2.05) is 28.9 Å². The average Bonchev–Trinajstić information content (AvgIpc) is 3.23. The van der Waals surface area contributed by atoms with Crippen molar-refractivity contribution in [2.24, 2.45) is 0 Å². The number of halogens is 1. The number of rotatable bonds is 6. The van der Waals surface area contributed by atoms with Crippen molar-refractivity contribution in [1.29, 1.82) is 0 Å². The number of hydrogen-bond donors (Lipinski definition) is 1. The van der Waals surface area contributed by atoms with Gasteiger partial charge in [-0.25, -0.2) is 4.68 Å². The number of benzene rings is 1. The van der Waals surface area contributed by atoms with Crippen molar-refractivity contribution in [3.8, 4) is 5.69 Å².